The van der Waals surface area contributed by atoms with E-state index in [1.54, 1.807) is 12.1 Å². The molecule has 110 valence electrons. The van der Waals surface area contributed by atoms with Crippen molar-refractivity contribution in [3.05, 3.63) is 58.4 Å². The Hall–Kier alpha value is -2.36. The van der Waals surface area contributed by atoms with Crippen LogP contribution in [0.1, 0.15) is 27.0 Å². The van der Waals surface area contributed by atoms with E-state index in [1.807, 2.05) is 19.9 Å². The molecule has 0 saturated heterocycles. The van der Waals surface area contributed by atoms with Gasteiger partial charge in [-0.05, 0) is 32.0 Å². The molecule has 0 aliphatic heterocycles. The van der Waals surface area contributed by atoms with E-state index in [0.29, 0.717) is 11.3 Å². The molecular weight excluding hydrogens is 271 g/mol. The molecule has 2 aromatic rings. The van der Waals surface area contributed by atoms with Gasteiger partial charge in [-0.2, -0.15) is 0 Å². The molecule has 0 amide bonds. The first-order valence-electron chi connectivity index (χ1n) is 6.50. The minimum Gasteiger partial charge on any atom is -0.493 e. The lowest BCUT2D eigenvalue weighted by Crippen LogP contribution is -2.06. The topological polar surface area (TPSA) is 35.5 Å². The molecule has 0 aromatic heterocycles. The van der Waals surface area contributed by atoms with Crippen LogP contribution >= 0.6 is 0 Å². The van der Waals surface area contributed by atoms with Crippen LogP contribution in [0.3, 0.4) is 0 Å². The smallest absolute Gasteiger partial charge is 0.196 e. The van der Waals surface area contributed by atoms with E-state index in [2.05, 4.69) is 0 Å². The average Bonchev–Trinajstić information content (AvgIpc) is 2.45. The highest BCUT2D eigenvalue weighted by Crippen LogP contribution is 2.31. The maximum Gasteiger partial charge on any atom is 0.196 e. The first-order valence-corrected chi connectivity index (χ1v) is 6.50. The third-order valence-corrected chi connectivity index (χ3v) is 3.20. The Morgan fingerprint density at radius 2 is 1.43 bits per heavy atom. The predicted molar refractivity (Wildman–Crippen MR) is 78.9 cm³/mol. The van der Waals surface area contributed by atoms with Gasteiger partial charge in [-0.1, -0.05) is 17.2 Å². The Morgan fingerprint density at radius 1 is 0.905 bits per heavy atom. The predicted octanol–water partition coefficient (Wildman–Crippen LogP) is 3.69. The minimum absolute atomic E-state index is 0.0300. The lowest BCUT2D eigenvalue weighted by Gasteiger charge is -2.11. The number of carbonyl (C=O) groups is 1. The summed E-state index contributed by atoms with van der Waals surface area (Å²) in [6, 6.07) is 7.97. The summed E-state index contributed by atoms with van der Waals surface area (Å²) in [4.78, 5) is 12.5. The van der Waals surface area contributed by atoms with Crippen molar-refractivity contribution in [3.8, 4) is 11.5 Å². The van der Waals surface area contributed by atoms with Crippen molar-refractivity contribution in [1.82, 2.24) is 0 Å². The molecule has 0 heterocycles. The molecule has 0 fully saturated rings. The maximum absolute atomic E-state index is 14.1. The van der Waals surface area contributed by atoms with Crippen LogP contribution in [0.2, 0.25) is 0 Å². The van der Waals surface area contributed by atoms with Gasteiger partial charge in [0.25, 0.3) is 0 Å². The summed E-state index contributed by atoms with van der Waals surface area (Å²) >= 11 is 0. The second-order valence-corrected chi connectivity index (χ2v) is 4.89. The van der Waals surface area contributed by atoms with E-state index in [1.165, 1.54) is 20.3 Å². The fourth-order valence-corrected chi connectivity index (χ4v) is 2.29. The van der Waals surface area contributed by atoms with Gasteiger partial charge in [0, 0.05) is 11.6 Å². The summed E-state index contributed by atoms with van der Waals surface area (Å²) < 4.78 is 24.3. The zero-order valence-electron chi connectivity index (χ0n) is 12.5. The van der Waals surface area contributed by atoms with Crippen molar-refractivity contribution < 1.29 is 18.7 Å². The molecule has 0 radical (unpaired) electrons. The van der Waals surface area contributed by atoms with Gasteiger partial charge < -0.3 is 9.47 Å². The molecule has 2 aromatic carbocycles. The molecule has 4 heteroatoms. The van der Waals surface area contributed by atoms with Crippen LogP contribution in [0.4, 0.5) is 4.39 Å². The molecule has 0 unspecified atom stereocenters. The maximum atomic E-state index is 14.1. The van der Waals surface area contributed by atoms with Gasteiger partial charge in [0.15, 0.2) is 17.3 Å². The number of hydrogen-bond donors (Lipinski definition) is 0. The number of halogens is 1. The number of methoxy groups -OCH3 is 2. The number of carbonyl (C=O) groups excluding carboxylic acids is 1. The van der Waals surface area contributed by atoms with E-state index < -0.39 is 5.82 Å². The number of ether oxygens (including phenoxy) is 2. The van der Waals surface area contributed by atoms with Gasteiger partial charge in [0.1, 0.15) is 5.82 Å². The molecule has 0 spiro atoms. The van der Waals surface area contributed by atoms with Crippen LogP contribution in [0.5, 0.6) is 11.5 Å². The SMILES string of the molecule is COc1cc(F)c(C(=O)c2cc(C)cc(C)c2)cc1OC. The Kier molecular flexibility index (Phi) is 4.26. The Morgan fingerprint density at radius 3 is 1.95 bits per heavy atom. The third-order valence-electron chi connectivity index (χ3n) is 3.20. The quantitative estimate of drug-likeness (QED) is 0.805. The van der Waals surface area contributed by atoms with E-state index >= 15 is 0 Å². The first-order chi connectivity index (χ1) is 9.96. The van der Waals surface area contributed by atoms with Crippen LogP contribution in [-0.2, 0) is 0 Å². The second kappa shape index (κ2) is 5.95. The van der Waals surface area contributed by atoms with Gasteiger partial charge >= 0.3 is 0 Å². The molecule has 3 nitrogen and oxygen atoms in total. The van der Waals surface area contributed by atoms with Gasteiger partial charge in [-0.3, -0.25) is 4.79 Å². The Bertz CT molecular complexity index is 672. The Labute approximate surface area is 123 Å². The summed E-state index contributed by atoms with van der Waals surface area (Å²) in [5.41, 5.74) is 2.34. The zero-order chi connectivity index (χ0) is 15.6. The summed E-state index contributed by atoms with van der Waals surface area (Å²) in [5, 5.41) is 0. The highest BCUT2D eigenvalue weighted by molar-refractivity contribution is 6.09. The van der Waals surface area contributed by atoms with Crippen LogP contribution in [0.15, 0.2) is 30.3 Å². The molecule has 21 heavy (non-hydrogen) atoms. The van der Waals surface area contributed by atoms with Crippen LogP contribution in [-0.4, -0.2) is 20.0 Å². The average molecular weight is 288 g/mol. The monoisotopic (exact) mass is 288 g/mol. The van der Waals surface area contributed by atoms with Crippen molar-refractivity contribution in [2.75, 3.05) is 14.2 Å². The number of ketones is 1. The lowest BCUT2D eigenvalue weighted by molar-refractivity contribution is 0.103. The number of benzene rings is 2. The molecule has 0 aliphatic carbocycles. The summed E-state index contributed by atoms with van der Waals surface area (Å²) in [7, 11) is 2.86. The molecule has 0 saturated carbocycles. The van der Waals surface area contributed by atoms with E-state index in [9.17, 15) is 9.18 Å². The van der Waals surface area contributed by atoms with Crippen LogP contribution < -0.4 is 9.47 Å². The number of rotatable bonds is 4. The third kappa shape index (κ3) is 3.05. The Balaban J connectivity index is 2.52. The van der Waals surface area contributed by atoms with Crippen molar-refractivity contribution in [1.29, 1.82) is 0 Å². The normalized spacial score (nSPS) is 10.3. The molecule has 0 aliphatic rings. The molecule has 0 bridgehead atoms. The first kappa shape index (κ1) is 15.0. The summed E-state index contributed by atoms with van der Waals surface area (Å²) in [6.07, 6.45) is 0. The second-order valence-electron chi connectivity index (χ2n) is 4.89. The van der Waals surface area contributed by atoms with Gasteiger partial charge in [-0.25, -0.2) is 4.39 Å². The summed E-state index contributed by atoms with van der Waals surface area (Å²) in [6.45, 7) is 3.80. The van der Waals surface area contributed by atoms with E-state index in [-0.39, 0.29) is 17.1 Å². The minimum atomic E-state index is -0.628. The molecule has 0 N–H and O–H groups in total. The van der Waals surface area contributed by atoms with Crippen molar-refractivity contribution in [3.63, 3.8) is 0 Å². The fraction of sp³-hybridized carbons (Fsp3) is 0.235. The highest BCUT2D eigenvalue weighted by atomic mass is 19.1. The van der Waals surface area contributed by atoms with E-state index in [4.69, 9.17) is 9.47 Å². The fourth-order valence-electron chi connectivity index (χ4n) is 2.29. The standard InChI is InChI=1S/C17H17FO3/c1-10-5-11(2)7-12(6-10)17(19)13-8-15(20-3)16(21-4)9-14(13)18/h5-9H,1-4H3. The highest BCUT2D eigenvalue weighted by Gasteiger charge is 2.18. The molecule has 2 rings (SSSR count). The van der Waals surface area contributed by atoms with Crippen molar-refractivity contribution in [2.45, 2.75) is 13.8 Å². The van der Waals surface area contributed by atoms with E-state index in [0.717, 1.165) is 17.2 Å². The summed E-state index contributed by atoms with van der Waals surface area (Å²) in [5.74, 6) is -0.421. The number of aryl methyl sites for hydroxylation is 2. The largest absolute Gasteiger partial charge is 0.493 e. The van der Waals surface area contributed by atoms with Crippen LogP contribution in [0, 0.1) is 19.7 Å². The van der Waals surface area contributed by atoms with Crippen molar-refractivity contribution >= 4 is 5.78 Å². The zero-order valence-corrected chi connectivity index (χ0v) is 12.5. The van der Waals surface area contributed by atoms with Gasteiger partial charge in [-0.15, -0.1) is 0 Å². The lowest BCUT2D eigenvalue weighted by atomic mass is 9.99. The molecule has 0 atom stereocenters. The van der Waals surface area contributed by atoms with Gasteiger partial charge in [0.2, 0.25) is 0 Å². The van der Waals surface area contributed by atoms with Crippen LogP contribution in [0.25, 0.3) is 0 Å². The van der Waals surface area contributed by atoms with Gasteiger partial charge in [0.05, 0.1) is 19.8 Å². The number of hydrogen-bond acceptors (Lipinski definition) is 3. The van der Waals surface area contributed by atoms with Crippen molar-refractivity contribution in [2.24, 2.45) is 0 Å². The molecular formula is C17H17FO3.